The number of hydrogen-bond donors (Lipinski definition) is 1. The second kappa shape index (κ2) is 7.69. The first-order valence-corrected chi connectivity index (χ1v) is 7.71. The van der Waals surface area contributed by atoms with Crippen LogP contribution in [0.3, 0.4) is 0 Å². The number of aliphatic hydroxyl groups excluding tert-OH is 1. The van der Waals surface area contributed by atoms with E-state index in [2.05, 4.69) is 15.9 Å². The van der Waals surface area contributed by atoms with Gasteiger partial charge in [0, 0.05) is 23.1 Å². The highest BCUT2D eigenvalue weighted by molar-refractivity contribution is 9.10. The van der Waals surface area contributed by atoms with Crippen molar-refractivity contribution in [3.8, 4) is 0 Å². The van der Waals surface area contributed by atoms with Gasteiger partial charge in [-0.1, -0.05) is 46.3 Å². The maximum Gasteiger partial charge on any atom is 0.127 e. The highest BCUT2D eigenvalue weighted by Gasteiger charge is 2.10. The lowest BCUT2D eigenvalue weighted by Gasteiger charge is -2.19. The topological polar surface area (TPSA) is 23.5 Å². The normalized spacial score (nSPS) is 12.6. The molecule has 0 aliphatic carbocycles. The van der Waals surface area contributed by atoms with Gasteiger partial charge >= 0.3 is 0 Å². The van der Waals surface area contributed by atoms with Gasteiger partial charge in [-0.2, -0.15) is 0 Å². The molecule has 0 aliphatic rings. The molecule has 0 bridgehead atoms. The summed E-state index contributed by atoms with van der Waals surface area (Å²) in [7, 11) is 1.93. The Balaban J connectivity index is 1.85. The van der Waals surface area contributed by atoms with Gasteiger partial charge in [-0.15, -0.1) is 0 Å². The zero-order chi connectivity index (χ0) is 15.2. The van der Waals surface area contributed by atoms with Crippen LogP contribution in [0.5, 0.6) is 0 Å². The molecule has 0 spiro atoms. The van der Waals surface area contributed by atoms with E-state index in [1.165, 1.54) is 6.07 Å². The summed E-state index contributed by atoms with van der Waals surface area (Å²) in [5.41, 5.74) is 1.58. The van der Waals surface area contributed by atoms with Gasteiger partial charge in [0.25, 0.3) is 0 Å². The Morgan fingerprint density at radius 3 is 2.48 bits per heavy atom. The van der Waals surface area contributed by atoms with E-state index in [1.807, 2.05) is 42.3 Å². The standard InChI is InChI=1S/C17H19BrFNO/c1-20(12-14-4-2-3-5-16(14)19)11-10-17(21)13-6-8-15(18)9-7-13/h2-9,17,21H,10-12H2,1H3. The number of hydrogen-bond acceptors (Lipinski definition) is 2. The van der Waals surface area contributed by atoms with Gasteiger partial charge in [0.15, 0.2) is 0 Å². The average molecular weight is 352 g/mol. The molecule has 0 aliphatic heterocycles. The molecular formula is C17H19BrFNO. The van der Waals surface area contributed by atoms with Crippen molar-refractivity contribution in [2.45, 2.75) is 19.1 Å². The molecular weight excluding hydrogens is 333 g/mol. The molecule has 0 amide bonds. The molecule has 0 saturated carbocycles. The quantitative estimate of drug-likeness (QED) is 0.845. The molecule has 112 valence electrons. The summed E-state index contributed by atoms with van der Waals surface area (Å²) in [4.78, 5) is 2.01. The van der Waals surface area contributed by atoms with Crippen LogP contribution in [0.1, 0.15) is 23.7 Å². The van der Waals surface area contributed by atoms with E-state index < -0.39 is 6.10 Å². The van der Waals surface area contributed by atoms with Crippen LogP contribution in [0.15, 0.2) is 53.0 Å². The van der Waals surface area contributed by atoms with Crippen LogP contribution in [0.4, 0.5) is 4.39 Å². The Morgan fingerprint density at radius 2 is 1.81 bits per heavy atom. The molecule has 2 rings (SSSR count). The first-order chi connectivity index (χ1) is 10.1. The lowest BCUT2D eigenvalue weighted by Crippen LogP contribution is -2.21. The van der Waals surface area contributed by atoms with Gasteiger partial charge in [0.2, 0.25) is 0 Å². The lowest BCUT2D eigenvalue weighted by molar-refractivity contribution is 0.147. The van der Waals surface area contributed by atoms with Crippen LogP contribution >= 0.6 is 15.9 Å². The number of rotatable bonds is 6. The van der Waals surface area contributed by atoms with Crippen LogP contribution in [-0.4, -0.2) is 23.6 Å². The summed E-state index contributed by atoms with van der Waals surface area (Å²) in [6.07, 6.45) is 0.119. The highest BCUT2D eigenvalue weighted by Crippen LogP contribution is 2.20. The largest absolute Gasteiger partial charge is 0.388 e. The summed E-state index contributed by atoms with van der Waals surface area (Å²) < 4.78 is 14.6. The van der Waals surface area contributed by atoms with Crippen LogP contribution in [0, 0.1) is 5.82 Å². The summed E-state index contributed by atoms with van der Waals surface area (Å²) >= 11 is 3.38. The van der Waals surface area contributed by atoms with Crippen molar-refractivity contribution < 1.29 is 9.50 Å². The highest BCUT2D eigenvalue weighted by atomic mass is 79.9. The predicted molar refractivity (Wildman–Crippen MR) is 86.5 cm³/mol. The third kappa shape index (κ3) is 4.92. The van der Waals surface area contributed by atoms with E-state index in [-0.39, 0.29) is 5.82 Å². The Hall–Kier alpha value is -1.23. The second-order valence-corrected chi connectivity index (χ2v) is 6.10. The smallest absolute Gasteiger partial charge is 0.127 e. The molecule has 0 radical (unpaired) electrons. The Kier molecular flexibility index (Phi) is 5.91. The molecule has 2 aromatic rings. The number of benzene rings is 2. The van der Waals surface area contributed by atoms with E-state index in [0.717, 1.165) is 10.0 Å². The fraction of sp³-hybridized carbons (Fsp3) is 0.294. The molecule has 2 nitrogen and oxygen atoms in total. The van der Waals surface area contributed by atoms with Gasteiger partial charge in [0.1, 0.15) is 5.82 Å². The Bertz CT molecular complexity index is 573. The third-order valence-electron chi connectivity index (χ3n) is 3.44. The summed E-state index contributed by atoms with van der Waals surface area (Å²) in [6, 6.07) is 14.4. The maximum absolute atomic E-state index is 13.6. The van der Waals surface area contributed by atoms with Crippen LogP contribution in [-0.2, 0) is 6.54 Å². The zero-order valence-corrected chi connectivity index (χ0v) is 13.6. The van der Waals surface area contributed by atoms with Crippen molar-refractivity contribution >= 4 is 15.9 Å². The summed E-state index contributed by atoms with van der Waals surface area (Å²) in [6.45, 7) is 1.24. The van der Waals surface area contributed by atoms with Gasteiger partial charge in [-0.3, -0.25) is 0 Å². The minimum absolute atomic E-state index is 0.183. The van der Waals surface area contributed by atoms with Crippen molar-refractivity contribution in [1.29, 1.82) is 0 Å². The molecule has 21 heavy (non-hydrogen) atoms. The van der Waals surface area contributed by atoms with Gasteiger partial charge in [-0.05, 0) is 37.2 Å². The lowest BCUT2D eigenvalue weighted by atomic mass is 10.1. The van der Waals surface area contributed by atoms with Gasteiger partial charge in [0.05, 0.1) is 6.10 Å². The van der Waals surface area contributed by atoms with Gasteiger partial charge in [-0.25, -0.2) is 4.39 Å². The van der Waals surface area contributed by atoms with E-state index in [0.29, 0.717) is 25.1 Å². The fourth-order valence-corrected chi connectivity index (χ4v) is 2.46. The zero-order valence-electron chi connectivity index (χ0n) is 12.0. The third-order valence-corrected chi connectivity index (χ3v) is 3.97. The van der Waals surface area contributed by atoms with Crippen molar-refractivity contribution in [1.82, 2.24) is 4.90 Å². The first kappa shape index (κ1) is 16.1. The van der Waals surface area contributed by atoms with Crippen LogP contribution in [0.25, 0.3) is 0 Å². The van der Waals surface area contributed by atoms with Crippen molar-refractivity contribution in [3.05, 3.63) is 69.9 Å². The number of halogens is 2. The Morgan fingerprint density at radius 1 is 1.14 bits per heavy atom. The monoisotopic (exact) mass is 351 g/mol. The number of aliphatic hydroxyl groups is 1. The molecule has 0 fully saturated rings. The predicted octanol–water partition coefficient (Wildman–Crippen LogP) is 4.14. The first-order valence-electron chi connectivity index (χ1n) is 6.92. The molecule has 2 aromatic carbocycles. The van der Waals surface area contributed by atoms with Crippen molar-refractivity contribution in [2.24, 2.45) is 0 Å². The fourth-order valence-electron chi connectivity index (χ4n) is 2.19. The Labute approximate surface area is 133 Å². The maximum atomic E-state index is 13.6. The van der Waals surface area contributed by atoms with Gasteiger partial charge < -0.3 is 10.0 Å². The molecule has 0 saturated heterocycles. The average Bonchev–Trinajstić information content (AvgIpc) is 2.48. The van der Waals surface area contributed by atoms with E-state index in [9.17, 15) is 9.50 Å². The van der Waals surface area contributed by atoms with Crippen molar-refractivity contribution in [2.75, 3.05) is 13.6 Å². The van der Waals surface area contributed by atoms with Crippen molar-refractivity contribution in [3.63, 3.8) is 0 Å². The van der Waals surface area contributed by atoms with E-state index in [1.54, 1.807) is 12.1 Å². The molecule has 1 atom stereocenters. The summed E-state index contributed by atoms with van der Waals surface area (Å²) in [5, 5.41) is 10.2. The number of nitrogens with zero attached hydrogens (tertiary/aromatic N) is 1. The molecule has 1 N–H and O–H groups in total. The minimum Gasteiger partial charge on any atom is -0.388 e. The van der Waals surface area contributed by atoms with E-state index >= 15 is 0 Å². The molecule has 4 heteroatoms. The van der Waals surface area contributed by atoms with E-state index in [4.69, 9.17) is 0 Å². The molecule has 1 unspecified atom stereocenters. The van der Waals surface area contributed by atoms with Crippen LogP contribution in [0.2, 0.25) is 0 Å². The minimum atomic E-state index is -0.499. The second-order valence-electron chi connectivity index (χ2n) is 5.19. The SMILES string of the molecule is CN(CCC(O)c1ccc(Br)cc1)Cc1ccccc1F. The molecule has 0 heterocycles. The molecule has 0 aromatic heterocycles. The summed E-state index contributed by atoms with van der Waals surface area (Å²) in [5.74, 6) is -0.183. The van der Waals surface area contributed by atoms with Crippen LogP contribution < -0.4 is 0 Å².